The van der Waals surface area contributed by atoms with Crippen LogP contribution in [0.4, 0.5) is 11.6 Å². The quantitative estimate of drug-likeness (QED) is 0.775. The summed E-state index contributed by atoms with van der Waals surface area (Å²) in [5.74, 6) is 0.559. The van der Waals surface area contributed by atoms with Crippen LogP contribution in [0.25, 0.3) is 11.3 Å². The third kappa shape index (κ3) is 3.17. The highest BCUT2D eigenvalue weighted by Gasteiger charge is 2.04. The molecular weight excluding hydrogens is 278 g/mol. The number of nitrogens with one attached hydrogen (secondary N) is 2. The van der Waals surface area contributed by atoms with Crippen molar-refractivity contribution < 1.29 is 0 Å². The van der Waals surface area contributed by atoms with E-state index < -0.39 is 0 Å². The molecule has 3 rings (SSSR count). The normalized spacial score (nSPS) is 10.5. The molecule has 0 radical (unpaired) electrons. The lowest BCUT2D eigenvalue weighted by Crippen LogP contribution is -2.05. The number of rotatable bonds is 3. The number of H-pyrrole nitrogens is 1. The minimum absolute atomic E-state index is 0.221. The average molecular weight is 293 g/mol. The van der Waals surface area contributed by atoms with E-state index in [1.807, 2.05) is 44.2 Å². The van der Waals surface area contributed by atoms with Crippen molar-refractivity contribution in [2.24, 2.45) is 0 Å². The standard InChI is InChI=1S/C16H15N5O/c1-10-8-11(2)18-16(17-10)19-13-5-3-4-12(9-13)14-6-7-15(22)21-20-14/h3-9H,1-2H3,(H,21,22)(H,17,18,19). The van der Waals surface area contributed by atoms with E-state index >= 15 is 0 Å². The fraction of sp³-hybridized carbons (Fsp3) is 0.125. The van der Waals surface area contributed by atoms with Crippen molar-refractivity contribution in [3.63, 3.8) is 0 Å². The fourth-order valence-electron chi connectivity index (χ4n) is 2.17. The van der Waals surface area contributed by atoms with Gasteiger partial charge in [0.05, 0.1) is 5.69 Å². The molecule has 0 unspecified atom stereocenters. The van der Waals surface area contributed by atoms with Crippen LogP contribution in [0.1, 0.15) is 11.4 Å². The summed E-state index contributed by atoms with van der Waals surface area (Å²) >= 11 is 0. The number of aromatic amines is 1. The Morgan fingerprint density at radius 1 is 1.00 bits per heavy atom. The molecule has 3 aromatic rings. The summed E-state index contributed by atoms with van der Waals surface area (Å²) in [6, 6.07) is 12.8. The van der Waals surface area contributed by atoms with E-state index in [4.69, 9.17) is 0 Å². The van der Waals surface area contributed by atoms with Crippen molar-refractivity contribution in [1.82, 2.24) is 20.2 Å². The van der Waals surface area contributed by atoms with Crippen molar-refractivity contribution in [3.05, 3.63) is 64.2 Å². The topological polar surface area (TPSA) is 83.6 Å². The first-order valence-electron chi connectivity index (χ1n) is 6.86. The van der Waals surface area contributed by atoms with E-state index in [-0.39, 0.29) is 5.56 Å². The summed E-state index contributed by atoms with van der Waals surface area (Å²) in [7, 11) is 0. The second kappa shape index (κ2) is 5.77. The molecule has 0 fully saturated rings. The van der Waals surface area contributed by atoms with E-state index in [9.17, 15) is 4.79 Å². The molecule has 0 amide bonds. The lowest BCUT2D eigenvalue weighted by molar-refractivity contribution is 0.995. The molecule has 2 aromatic heterocycles. The zero-order chi connectivity index (χ0) is 15.5. The molecule has 0 spiro atoms. The van der Waals surface area contributed by atoms with Crippen LogP contribution in [-0.4, -0.2) is 20.2 Å². The Morgan fingerprint density at radius 3 is 2.45 bits per heavy atom. The van der Waals surface area contributed by atoms with E-state index in [0.717, 1.165) is 22.6 Å². The largest absolute Gasteiger partial charge is 0.324 e. The molecule has 1 aromatic carbocycles. The van der Waals surface area contributed by atoms with Crippen molar-refractivity contribution in [1.29, 1.82) is 0 Å². The van der Waals surface area contributed by atoms with Crippen molar-refractivity contribution >= 4 is 11.6 Å². The predicted octanol–water partition coefficient (Wildman–Crippen LogP) is 2.59. The van der Waals surface area contributed by atoms with Crippen molar-refractivity contribution in [3.8, 4) is 11.3 Å². The zero-order valence-electron chi connectivity index (χ0n) is 12.3. The fourth-order valence-corrected chi connectivity index (χ4v) is 2.17. The number of aryl methyl sites for hydroxylation is 2. The minimum Gasteiger partial charge on any atom is -0.324 e. The summed E-state index contributed by atoms with van der Waals surface area (Å²) in [5.41, 5.74) is 4.05. The smallest absolute Gasteiger partial charge is 0.264 e. The maximum Gasteiger partial charge on any atom is 0.264 e. The van der Waals surface area contributed by atoms with Crippen LogP contribution < -0.4 is 10.9 Å². The predicted molar refractivity (Wildman–Crippen MR) is 85.1 cm³/mol. The molecule has 110 valence electrons. The van der Waals surface area contributed by atoms with Crippen LogP contribution >= 0.6 is 0 Å². The van der Waals surface area contributed by atoms with E-state index in [2.05, 4.69) is 25.5 Å². The highest BCUT2D eigenvalue weighted by atomic mass is 16.1. The molecule has 2 N–H and O–H groups in total. The molecule has 0 aliphatic rings. The summed E-state index contributed by atoms with van der Waals surface area (Å²) in [5, 5.41) is 9.65. The van der Waals surface area contributed by atoms with Crippen LogP contribution in [0.5, 0.6) is 0 Å². The Bertz CT molecular complexity index is 832. The van der Waals surface area contributed by atoms with Gasteiger partial charge >= 0.3 is 0 Å². The van der Waals surface area contributed by atoms with E-state index in [1.54, 1.807) is 6.07 Å². The SMILES string of the molecule is Cc1cc(C)nc(Nc2cccc(-c3ccc(=O)[nH]n3)c2)n1. The Labute approximate surface area is 127 Å². The van der Waals surface area contributed by atoms with Gasteiger partial charge in [0.25, 0.3) is 5.56 Å². The summed E-state index contributed by atoms with van der Waals surface area (Å²) in [6.45, 7) is 3.86. The van der Waals surface area contributed by atoms with Crippen molar-refractivity contribution in [2.75, 3.05) is 5.32 Å². The van der Waals surface area contributed by atoms with Gasteiger partial charge in [-0.05, 0) is 38.1 Å². The third-order valence-corrected chi connectivity index (χ3v) is 3.08. The number of hydrogen-bond donors (Lipinski definition) is 2. The first-order chi connectivity index (χ1) is 10.6. The van der Waals surface area contributed by atoms with Crippen LogP contribution in [-0.2, 0) is 0 Å². The van der Waals surface area contributed by atoms with Gasteiger partial charge in [-0.3, -0.25) is 4.79 Å². The number of nitrogens with zero attached hydrogens (tertiary/aromatic N) is 3. The maximum atomic E-state index is 11.1. The van der Waals surface area contributed by atoms with E-state index in [1.165, 1.54) is 6.07 Å². The summed E-state index contributed by atoms with van der Waals surface area (Å²) in [6.07, 6.45) is 0. The second-order valence-corrected chi connectivity index (χ2v) is 4.99. The molecule has 0 saturated carbocycles. The van der Waals surface area contributed by atoms with Gasteiger partial charge in [0.2, 0.25) is 5.95 Å². The number of aromatic nitrogens is 4. The van der Waals surface area contributed by atoms with Gasteiger partial charge in [-0.1, -0.05) is 12.1 Å². The van der Waals surface area contributed by atoms with Gasteiger partial charge < -0.3 is 5.32 Å². The molecule has 6 heteroatoms. The molecule has 0 bridgehead atoms. The Kier molecular flexibility index (Phi) is 3.65. The second-order valence-electron chi connectivity index (χ2n) is 4.99. The Morgan fingerprint density at radius 2 is 1.77 bits per heavy atom. The van der Waals surface area contributed by atoms with Crippen molar-refractivity contribution in [2.45, 2.75) is 13.8 Å². The lowest BCUT2D eigenvalue weighted by atomic mass is 10.1. The highest BCUT2D eigenvalue weighted by molar-refractivity contribution is 5.66. The Hall–Kier alpha value is -3.02. The molecule has 0 saturated heterocycles. The highest BCUT2D eigenvalue weighted by Crippen LogP contribution is 2.21. The van der Waals surface area contributed by atoms with Crippen LogP contribution in [0.3, 0.4) is 0 Å². The average Bonchev–Trinajstić information content (AvgIpc) is 2.47. The molecule has 22 heavy (non-hydrogen) atoms. The molecule has 0 atom stereocenters. The first kappa shape index (κ1) is 13.9. The first-order valence-corrected chi connectivity index (χ1v) is 6.86. The van der Waals surface area contributed by atoms with Crippen LogP contribution in [0, 0.1) is 13.8 Å². The van der Waals surface area contributed by atoms with Gasteiger partial charge in [-0.25, -0.2) is 15.1 Å². The van der Waals surface area contributed by atoms with Gasteiger partial charge in [-0.2, -0.15) is 5.10 Å². The van der Waals surface area contributed by atoms with Crippen LogP contribution in [0.15, 0.2) is 47.3 Å². The summed E-state index contributed by atoms with van der Waals surface area (Å²) in [4.78, 5) is 19.8. The Balaban J connectivity index is 1.90. The summed E-state index contributed by atoms with van der Waals surface area (Å²) < 4.78 is 0. The minimum atomic E-state index is -0.221. The molecule has 6 nitrogen and oxygen atoms in total. The number of anilines is 2. The lowest BCUT2D eigenvalue weighted by Gasteiger charge is -2.08. The number of hydrogen-bond acceptors (Lipinski definition) is 5. The van der Waals surface area contributed by atoms with Gasteiger partial charge in [-0.15, -0.1) is 0 Å². The number of benzene rings is 1. The monoisotopic (exact) mass is 293 g/mol. The van der Waals surface area contributed by atoms with E-state index in [0.29, 0.717) is 11.6 Å². The maximum absolute atomic E-state index is 11.1. The molecule has 2 heterocycles. The van der Waals surface area contributed by atoms with Crippen LogP contribution in [0.2, 0.25) is 0 Å². The third-order valence-electron chi connectivity index (χ3n) is 3.08. The van der Waals surface area contributed by atoms with Gasteiger partial charge in [0, 0.05) is 28.7 Å². The van der Waals surface area contributed by atoms with Gasteiger partial charge in [0.15, 0.2) is 0 Å². The molecule has 0 aliphatic heterocycles. The van der Waals surface area contributed by atoms with Gasteiger partial charge in [0.1, 0.15) is 0 Å². The molecular formula is C16H15N5O. The zero-order valence-corrected chi connectivity index (χ0v) is 12.3. The molecule has 0 aliphatic carbocycles.